The lowest BCUT2D eigenvalue weighted by Crippen LogP contribution is -2.18. The van der Waals surface area contributed by atoms with Gasteiger partial charge in [0.15, 0.2) is 5.13 Å². The molecule has 19 heavy (non-hydrogen) atoms. The van der Waals surface area contributed by atoms with Crippen LogP contribution in [0.1, 0.15) is 15.2 Å². The molecule has 0 fully saturated rings. The number of hydrogen-bond acceptors (Lipinski definition) is 5. The van der Waals surface area contributed by atoms with Crippen LogP contribution in [0.4, 0.5) is 16.5 Å². The predicted octanol–water partition coefficient (Wildman–Crippen LogP) is 2.35. The summed E-state index contributed by atoms with van der Waals surface area (Å²) in [6.45, 7) is 1.94. The van der Waals surface area contributed by atoms with Crippen LogP contribution in [-0.4, -0.2) is 25.0 Å². The van der Waals surface area contributed by atoms with E-state index in [1.54, 1.807) is 18.3 Å². The van der Waals surface area contributed by atoms with E-state index < -0.39 is 0 Å². The molecule has 0 unspecified atom stereocenters. The molecule has 2 aromatic rings. The van der Waals surface area contributed by atoms with Crippen molar-refractivity contribution in [3.05, 3.63) is 34.8 Å². The van der Waals surface area contributed by atoms with Crippen LogP contribution >= 0.6 is 11.3 Å². The number of nitrogens with one attached hydrogen (secondary N) is 1. The zero-order valence-corrected chi connectivity index (χ0v) is 11.9. The molecule has 3 N–H and O–H groups in total. The Morgan fingerprint density at radius 3 is 2.74 bits per heavy atom. The molecule has 0 atom stereocenters. The summed E-state index contributed by atoms with van der Waals surface area (Å²) in [7, 11) is 3.77. The van der Waals surface area contributed by atoms with Gasteiger partial charge in [0.05, 0.1) is 5.56 Å². The number of benzene rings is 1. The van der Waals surface area contributed by atoms with Crippen molar-refractivity contribution in [3.8, 4) is 0 Å². The average Bonchev–Trinajstić information content (AvgIpc) is 2.74. The number of carbonyl (C=O) groups excluding carboxylic acids is 1. The van der Waals surface area contributed by atoms with Crippen LogP contribution in [0.3, 0.4) is 0 Å². The largest absolute Gasteiger partial charge is 0.399 e. The third-order valence-corrected chi connectivity index (χ3v) is 3.42. The third-order valence-electron chi connectivity index (χ3n) is 2.59. The molecule has 0 aliphatic heterocycles. The number of rotatable bonds is 3. The molecule has 1 heterocycles. The van der Waals surface area contributed by atoms with Gasteiger partial charge in [0.2, 0.25) is 0 Å². The summed E-state index contributed by atoms with van der Waals surface area (Å²) >= 11 is 1.44. The van der Waals surface area contributed by atoms with E-state index in [2.05, 4.69) is 10.3 Å². The average molecular weight is 276 g/mol. The van der Waals surface area contributed by atoms with Gasteiger partial charge in [-0.1, -0.05) is 0 Å². The van der Waals surface area contributed by atoms with Crippen LogP contribution in [0.15, 0.2) is 24.4 Å². The van der Waals surface area contributed by atoms with Crippen LogP contribution in [0.2, 0.25) is 0 Å². The fraction of sp³-hybridized carbons (Fsp3) is 0.231. The highest BCUT2D eigenvalue weighted by molar-refractivity contribution is 7.15. The highest BCUT2D eigenvalue weighted by atomic mass is 32.1. The standard InChI is InChI=1S/C13H16N4OS/c1-8-7-15-13(19-8)16-12(18)10-6-9(14)4-5-11(10)17(2)3/h4-7H,14H2,1-3H3,(H,15,16,18). The van der Waals surface area contributed by atoms with Crippen LogP contribution in [0.25, 0.3) is 0 Å². The number of aryl methyl sites for hydroxylation is 1. The molecule has 2 rings (SSSR count). The lowest BCUT2D eigenvalue weighted by molar-refractivity contribution is 0.102. The monoisotopic (exact) mass is 276 g/mol. The van der Waals surface area contributed by atoms with Crippen LogP contribution in [-0.2, 0) is 0 Å². The van der Waals surface area contributed by atoms with Crippen molar-refractivity contribution in [1.29, 1.82) is 0 Å². The second-order valence-electron chi connectivity index (χ2n) is 4.40. The van der Waals surface area contributed by atoms with Crippen molar-refractivity contribution < 1.29 is 4.79 Å². The van der Waals surface area contributed by atoms with Crippen molar-refractivity contribution in [2.45, 2.75) is 6.92 Å². The molecule has 0 aliphatic rings. The van der Waals surface area contributed by atoms with Gasteiger partial charge >= 0.3 is 0 Å². The summed E-state index contributed by atoms with van der Waals surface area (Å²) in [6, 6.07) is 5.28. The Labute approximate surface area is 116 Å². The van der Waals surface area contributed by atoms with Crippen molar-refractivity contribution in [2.75, 3.05) is 30.0 Å². The summed E-state index contributed by atoms with van der Waals surface area (Å²) in [5.74, 6) is -0.203. The van der Waals surface area contributed by atoms with E-state index in [4.69, 9.17) is 5.73 Å². The van der Waals surface area contributed by atoms with E-state index in [-0.39, 0.29) is 5.91 Å². The lowest BCUT2D eigenvalue weighted by Gasteiger charge is -2.17. The van der Waals surface area contributed by atoms with Crippen molar-refractivity contribution in [2.24, 2.45) is 0 Å². The number of amides is 1. The van der Waals surface area contributed by atoms with E-state index in [9.17, 15) is 4.79 Å². The molecule has 100 valence electrons. The molecular weight excluding hydrogens is 260 g/mol. The SMILES string of the molecule is Cc1cnc(NC(=O)c2cc(N)ccc2N(C)C)s1. The summed E-state index contributed by atoms with van der Waals surface area (Å²) in [5, 5.41) is 3.38. The maximum absolute atomic E-state index is 12.3. The smallest absolute Gasteiger partial charge is 0.259 e. The van der Waals surface area contributed by atoms with E-state index in [0.717, 1.165) is 10.6 Å². The van der Waals surface area contributed by atoms with E-state index in [0.29, 0.717) is 16.4 Å². The van der Waals surface area contributed by atoms with Gasteiger partial charge in [-0.15, -0.1) is 11.3 Å². The van der Waals surface area contributed by atoms with Gasteiger partial charge in [-0.25, -0.2) is 4.98 Å². The topological polar surface area (TPSA) is 71.2 Å². The van der Waals surface area contributed by atoms with Gasteiger partial charge in [0, 0.05) is 36.5 Å². The van der Waals surface area contributed by atoms with Crippen LogP contribution < -0.4 is 16.0 Å². The Bertz CT molecular complexity index is 606. The number of carbonyl (C=O) groups is 1. The molecule has 0 radical (unpaired) electrons. The van der Waals surface area contributed by atoms with Gasteiger partial charge < -0.3 is 10.6 Å². The minimum absolute atomic E-state index is 0.203. The molecule has 0 spiro atoms. The first-order chi connectivity index (χ1) is 8.97. The Morgan fingerprint density at radius 2 is 2.16 bits per heavy atom. The quantitative estimate of drug-likeness (QED) is 0.844. The summed E-state index contributed by atoms with van der Waals surface area (Å²) in [6.07, 6.45) is 1.73. The molecule has 0 saturated heterocycles. The van der Waals surface area contributed by atoms with Crippen molar-refractivity contribution in [3.63, 3.8) is 0 Å². The summed E-state index contributed by atoms with van der Waals surface area (Å²) in [4.78, 5) is 19.3. The fourth-order valence-corrected chi connectivity index (χ4v) is 2.36. The minimum Gasteiger partial charge on any atom is -0.399 e. The second kappa shape index (κ2) is 5.27. The maximum atomic E-state index is 12.3. The van der Waals surface area contributed by atoms with E-state index in [1.807, 2.05) is 32.0 Å². The number of nitrogens with zero attached hydrogens (tertiary/aromatic N) is 2. The zero-order valence-electron chi connectivity index (χ0n) is 11.1. The van der Waals surface area contributed by atoms with Gasteiger partial charge in [-0.05, 0) is 25.1 Å². The first kappa shape index (κ1) is 13.4. The van der Waals surface area contributed by atoms with Gasteiger partial charge in [0.25, 0.3) is 5.91 Å². The van der Waals surface area contributed by atoms with Crippen LogP contribution in [0.5, 0.6) is 0 Å². The first-order valence-electron chi connectivity index (χ1n) is 5.78. The van der Waals surface area contributed by atoms with Gasteiger partial charge in [-0.2, -0.15) is 0 Å². The van der Waals surface area contributed by atoms with Crippen LogP contribution in [0, 0.1) is 6.92 Å². The molecule has 1 aromatic carbocycles. The predicted molar refractivity (Wildman–Crippen MR) is 80.0 cm³/mol. The third kappa shape index (κ3) is 3.03. The molecular formula is C13H16N4OS. The lowest BCUT2D eigenvalue weighted by atomic mass is 10.1. The molecule has 1 amide bonds. The maximum Gasteiger partial charge on any atom is 0.259 e. The number of nitrogens with two attached hydrogens (primary N) is 1. The van der Waals surface area contributed by atoms with Crippen molar-refractivity contribution >= 4 is 33.8 Å². The molecule has 0 saturated carbocycles. The number of aromatic nitrogens is 1. The Morgan fingerprint density at radius 1 is 1.42 bits per heavy atom. The number of hydrogen-bond donors (Lipinski definition) is 2. The zero-order chi connectivity index (χ0) is 14.0. The van der Waals surface area contributed by atoms with Crippen molar-refractivity contribution in [1.82, 2.24) is 4.98 Å². The summed E-state index contributed by atoms with van der Waals surface area (Å²) in [5.41, 5.74) is 7.67. The molecule has 0 bridgehead atoms. The second-order valence-corrected chi connectivity index (χ2v) is 5.64. The van der Waals surface area contributed by atoms with E-state index in [1.165, 1.54) is 11.3 Å². The molecule has 5 nitrogen and oxygen atoms in total. The first-order valence-corrected chi connectivity index (χ1v) is 6.59. The fourth-order valence-electron chi connectivity index (χ4n) is 1.70. The molecule has 1 aromatic heterocycles. The number of thiazole rings is 1. The van der Waals surface area contributed by atoms with E-state index >= 15 is 0 Å². The highest BCUT2D eigenvalue weighted by Crippen LogP contribution is 2.24. The highest BCUT2D eigenvalue weighted by Gasteiger charge is 2.14. The van der Waals surface area contributed by atoms with Gasteiger partial charge in [-0.3, -0.25) is 10.1 Å². The Hall–Kier alpha value is -2.08. The molecule has 6 heteroatoms. The summed E-state index contributed by atoms with van der Waals surface area (Å²) < 4.78 is 0. The van der Waals surface area contributed by atoms with Gasteiger partial charge in [0.1, 0.15) is 0 Å². The number of nitrogen functional groups attached to an aromatic ring is 1. The molecule has 0 aliphatic carbocycles. The normalized spacial score (nSPS) is 10.3. The number of anilines is 3. The Balaban J connectivity index is 2.30. The minimum atomic E-state index is -0.203. The Kier molecular flexibility index (Phi) is 3.71.